The highest BCUT2D eigenvalue weighted by Gasteiger charge is 2.29. The van der Waals surface area contributed by atoms with Crippen molar-refractivity contribution in [2.75, 3.05) is 4.90 Å². The third-order valence-electron chi connectivity index (χ3n) is 3.68. The molecule has 2 aromatic rings. The number of carbonyl (C=O) groups excluding carboxylic acids is 2. The fourth-order valence-corrected chi connectivity index (χ4v) is 2.55. The normalized spacial score (nSPS) is 12.3. The first-order valence-corrected chi connectivity index (χ1v) is 8.47. The lowest BCUT2D eigenvalue weighted by molar-refractivity contribution is -0.109. The molecule has 0 radical (unpaired) electrons. The number of rotatable bonds is 6. The second kappa shape index (κ2) is 8.47. The maximum atomic E-state index is 12.7. The second-order valence-corrected chi connectivity index (χ2v) is 6.91. The van der Waals surface area contributed by atoms with E-state index in [9.17, 15) is 9.59 Å². The minimum absolute atomic E-state index is 0.510. The quantitative estimate of drug-likeness (QED) is 0.721. The molecule has 0 aliphatic heterocycles. The van der Waals surface area contributed by atoms with Crippen LogP contribution in [0.1, 0.15) is 32.8 Å². The predicted octanol–water partition coefficient (Wildman–Crippen LogP) is 4.63. The van der Waals surface area contributed by atoms with Crippen LogP contribution in [0.15, 0.2) is 60.7 Å². The van der Waals surface area contributed by atoms with E-state index in [-0.39, 0.29) is 0 Å². The first kappa shape index (κ1) is 18.7. The smallest absolute Gasteiger partial charge is 0.415 e. The van der Waals surface area contributed by atoms with Gasteiger partial charge in [0, 0.05) is 5.69 Å². The van der Waals surface area contributed by atoms with Crippen molar-refractivity contribution in [2.45, 2.75) is 45.3 Å². The first-order chi connectivity index (χ1) is 11.9. The maximum absolute atomic E-state index is 12.7. The number of nitrogens with zero attached hydrogens (tertiary/aromatic N) is 1. The van der Waals surface area contributed by atoms with Crippen molar-refractivity contribution >= 4 is 18.1 Å². The second-order valence-electron chi connectivity index (χ2n) is 6.91. The van der Waals surface area contributed by atoms with Crippen LogP contribution in [-0.2, 0) is 16.0 Å². The number of amides is 1. The van der Waals surface area contributed by atoms with Crippen molar-refractivity contribution < 1.29 is 14.3 Å². The molecule has 1 atom stereocenters. The molecule has 0 N–H and O–H groups in total. The van der Waals surface area contributed by atoms with Crippen molar-refractivity contribution in [3.8, 4) is 0 Å². The Balaban J connectivity index is 2.22. The molecule has 0 heterocycles. The number of aryl methyl sites for hydroxylation is 1. The van der Waals surface area contributed by atoms with Gasteiger partial charge in [-0.15, -0.1) is 0 Å². The Morgan fingerprint density at radius 1 is 1.04 bits per heavy atom. The Hall–Kier alpha value is -2.62. The highest BCUT2D eigenvalue weighted by molar-refractivity contribution is 5.92. The fourth-order valence-electron chi connectivity index (χ4n) is 2.55. The van der Waals surface area contributed by atoms with Gasteiger partial charge < -0.3 is 9.53 Å². The summed E-state index contributed by atoms with van der Waals surface area (Å²) in [7, 11) is 0. The van der Waals surface area contributed by atoms with Crippen molar-refractivity contribution in [1.82, 2.24) is 0 Å². The van der Waals surface area contributed by atoms with E-state index in [0.717, 1.165) is 11.8 Å². The van der Waals surface area contributed by atoms with Gasteiger partial charge in [0.05, 0.1) is 6.04 Å². The topological polar surface area (TPSA) is 46.6 Å². The van der Waals surface area contributed by atoms with Gasteiger partial charge in [-0.1, -0.05) is 48.5 Å². The van der Waals surface area contributed by atoms with E-state index in [1.54, 1.807) is 0 Å². The summed E-state index contributed by atoms with van der Waals surface area (Å²) in [4.78, 5) is 25.9. The van der Waals surface area contributed by atoms with Crippen LogP contribution in [0.3, 0.4) is 0 Å². The highest BCUT2D eigenvalue weighted by atomic mass is 16.6. The van der Waals surface area contributed by atoms with Crippen LogP contribution in [0.5, 0.6) is 0 Å². The average molecular weight is 339 g/mol. The van der Waals surface area contributed by atoms with E-state index in [1.165, 1.54) is 4.90 Å². The Morgan fingerprint density at radius 2 is 1.60 bits per heavy atom. The van der Waals surface area contributed by atoms with Crippen LogP contribution in [0.2, 0.25) is 0 Å². The molecule has 0 saturated carbocycles. The van der Waals surface area contributed by atoms with E-state index < -0.39 is 17.7 Å². The molecule has 1 unspecified atom stereocenters. The summed E-state index contributed by atoms with van der Waals surface area (Å²) < 4.78 is 5.52. The van der Waals surface area contributed by atoms with Crippen LogP contribution in [0.4, 0.5) is 10.5 Å². The number of aldehydes is 1. The van der Waals surface area contributed by atoms with Gasteiger partial charge in [-0.05, 0) is 51.3 Å². The average Bonchev–Trinajstić information content (AvgIpc) is 2.58. The van der Waals surface area contributed by atoms with E-state index in [4.69, 9.17) is 4.74 Å². The molecule has 4 heteroatoms. The molecule has 2 rings (SSSR count). The lowest BCUT2D eigenvalue weighted by Crippen LogP contribution is -2.44. The van der Waals surface area contributed by atoms with Gasteiger partial charge >= 0.3 is 6.09 Å². The van der Waals surface area contributed by atoms with Gasteiger partial charge in [0.1, 0.15) is 11.9 Å². The first-order valence-electron chi connectivity index (χ1n) is 8.47. The van der Waals surface area contributed by atoms with Gasteiger partial charge in [0.2, 0.25) is 0 Å². The summed E-state index contributed by atoms with van der Waals surface area (Å²) in [6, 6.07) is 18.5. The summed E-state index contributed by atoms with van der Waals surface area (Å²) in [5.74, 6) is 0. The Bertz CT molecular complexity index is 677. The Kier molecular flexibility index (Phi) is 6.34. The van der Waals surface area contributed by atoms with Crippen molar-refractivity contribution in [3.05, 3.63) is 66.2 Å². The summed E-state index contributed by atoms with van der Waals surface area (Å²) in [5, 5.41) is 0. The summed E-state index contributed by atoms with van der Waals surface area (Å²) in [6.45, 7) is 5.44. The number of benzene rings is 2. The fraction of sp³-hybridized carbons (Fsp3) is 0.333. The molecule has 0 spiro atoms. The molecule has 0 aromatic heterocycles. The largest absolute Gasteiger partial charge is 0.443 e. The molecule has 0 bridgehead atoms. The standard InChI is InChI=1S/C21H25NO3/c1-21(2,3)25-20(24)22(18-12-8-5-9-13-18)19(16-23)15-14-17-10-6-4-7-11-17/h4-13,16,19H,14-15H2,1-3H3. The zero-order chi connectivity index (χ0) is 18.3. The van der Waals surface area contributed by atoms with Gasteiger partial charge in [-0.2, -0.15) is 0 Å². The van der Waals surface area contributed by atoms with E-state index in [1.807, 2.05) is 81.4 Å². The zero-order valence-corrected chi connectivity index (χ0v) is 15.0. The summed E-state index contributed by atoms with van der Waals surface area (Å²) in [6.07, 6.45) is 1.54. The minimum Gasteiger partial charge on any atom is -0.443 e. The lowest BCUT2D eigenvalue weighted by atomic mass is 10.0. The van der Waals surface area contributed by atoms with Crippen molar-refractivity contribution in [1.29, 1.82) is 0 Å². The summed E-state index contributed by atoms with van der Waals surface area (Å²) in [5.41, 5.74) is 1.16. The van der Waals surface area contributed by atoms with Gasteiger partial charge in [-0.25, -0.2) is 4.79 Å². The molecule has 0 fully saturated rings. The third kappa shape index (κ3) is 5.75. The number of carbonyl (C=O) groups is 2. The molecule has 25 heavy (non-hydrogen) atoms. The lowest BCUT2D eigenvalue weighted by Gasteiger charge is -2.31. The van der Waals surface area contributed by atoms with E-state index in [0.29, 0.717) is 18.5 Å². The van der Waals surface area contributed by atoms with Gasteiger partial charge in [0.25, 0.3) is 0 Å². The third-order valence-corrected chi connectivity index (χ3v) is 3.68. The van der Waals surface area contributed by atoms with Gasteiger partial charge in [-0.3, -0.25) is 4.90 Å². The van der Waals surface area contributed by atoms with Gasteiger partial charge in [0.15, 0.2) is 0 Å². The molecule has 0 saturated heterocycles. The molecular formula is C21H25NO3. The Labute approximate surface area is 149 Å². The molecule has 132 valence electrons. The molecule has 0 aliphatic rings. The maximum Gasteiger partial charge on any atom is 0.415 e. The van der Waals surface area contributed by atoms with Crippen LogP contribution >= 0.6 is 0 Å². The number of para-hydroxylation sites is 1. The van der Waals surface area contributed by atoms with Crippen LogP contribution in [0, 0.1) is 0 Å². The van der Waals surface area contributed by atoms with Crippen LogP contribution in [0.25, 0.3) is 0 Å². The molecule has 2 aromatic carbocycles. The Morgan fingerprint density at radius 3 is 2.12 bits per heavy atom. The van der Waals surface area contributed by atoms with Crippen LogP contribution < -0.4 is 4.90 Å². The minimum atomic E-state index is -0.628. The SMILES string of the molecule is CC(C)(C)OC(=O)N(c1ccccc1)C(C=O)CCc1ccccc1. The van der Waals surface area contributed by atoms with Crippen molar-refractivity contribution in [2.24, 2.45) is 0 Å². The number of hydrogen-bond acceptors (Lipinski definition) is 3. The molecule has 0 aliphatic carbocycles. The van der Waals surface area contributed by atoms with E-state index in [2.05, 4.69) is 0 Å². The van der Waals surface area contributed by atoms with E-state index >= 15 is 0 Å². The highest BCUT2D eigenvalue weighted by Crippen LogP contribution is 2.22. The predicted molar refractivity (Wildman–Crippen MR) is 99.8 cm³/mol. The monoisotopic (exact) mass is 339 g/mol. The molecular weight excluding hydrogens is 314 g/mol. The number of ether oxygens (including phenoxy) is 1. The number of anilines is 1. The van der Waals surface area contributed by atoms with Crippen LogP contribution in [-0.4, -0.2) is 24.0 Å². The molecule has 1 amide bonds. The van der Waals surface area contributed by atoms with Crippen molar-refractivity contribution in [3.63, 3.8) is 0 Å². The zero-order valence-electron chi connectivity index (χ0n) is 15.0. The summed E-state index contributed by atoms with van der Waals surface area (Å²) >= 11 is 0. The molecule has 4 nitrogen and oxygen atoms in total. The number of hydrogen-bond donors (Lipinski definition) is 0.